The molecule has 0 bridgehead atoms. The van der Waals surface area contributed by atoms with Crippen LogP contribution in [0.4, 0.5) is 0 Å². The Morgan fingerprint density at radius 1 is 1.30 bits per heavy atom. The molecule has 0 spiro atoms. The molecule has 0 amide bonds. The molecule has 3 rings (SSSR count). The van der Waals surface area contributed by atoms with E-state index >= 15 is 0 Å². The van der Waals surface area contributed by atoms with Crippen LogP contribution in [0.1, 0.15) is 56.3 Å². The summed E-state index contributed by atoms with van der Waals surface area (Å²) in [5.41, 5.74) is 2.77. The van der Waals surface area contributed by atoms with Crippen LogP contribution >= 0.6 is 0 Å². The maximum atomic E-state index is 4.64. The molecule has 1 aliphatic carbocycles. The molecule has 0 radical (unpaired) electrons. The van der Waals surface area contributed by atoms with E-state index in [1.165, 1.54) is 69.4 Å². The van der Waals surface area contributed by atoms with Crippen molar-refractivity contribution in [2.45, 2.75) is 57.5 Å². The summed E-state index contributed by atoms with van der Waals surface area (Å²) in [6.45, 7) is 6.05. The number of hydrogen-bond acceptors (Lipinski definition) is 3. The molecule has 1 saturated heterocycles. The number of nitrogens with zero attached hydrogens (tertiary/aromatic N) is 2. The van der Waals surface area contributed by atoms with Crippen molar-refractivity contribution in [3.05, 3.63) is 29.6 Å². The summed E-state index contributed by atoms with van der Waals surface area (Å²) in [5.74, 6) is 0. The molecule has 0 saturated carbocycles. The molecule has 2 heterocycles. The molecule has 110 valence electrons. The first-order valence-electron chi connectivity index (χ1n) is 8.29. The van der Waals surface area contributed by atoms with Gasteiger partial charge in [0.25, 0.3) is 0 Å². The van der Waals surface area contributed by atoms with Crippen molar-refractivity contribution in [2.75, 3.05) is 19.6 Å². The Morgan fingerprint density at radius 2 is 2.15 bits per heavy atom. The zero-order valence-corrected chi connectivity index (χ0v) is 12.6. The highest BCUT2D eigenvalue weighted by Gasteiger charge is 2.25. The van der Waals surface area contributed by atoms with E-state index < -0.39 is 0 Å². The van der Waals surface area contributed by atoms with Crippen molar-refractivity contribution in [2.24, 2.45) is 0 Å². The predicted octanol–water partition coefficient (Wildman–Crippen LogP) is 2.92. The number of likely N-dealkylation sites (tertiary alicyclic amines) is 1. The van der Waals surface area contributed by atoms with Gasteiger partial charge in [-0.25, -0.2) is 0 Å². The first-order valence-corrected chi connectivity index (χ1v) is 8.29. The fourth-order valence-corrected chi connectivity index (χ4v) is 3.70. The van der Waals surface area contributed by atoms with Crippen LogP contribution < -0.4 is 5.32 Å². The highest BCUT2D eigenvalue weighted by Crippen LogP contribution is 2.29. The summed E-state index contributed by atoms with van der Waals surface area (Å²) in [6.07, 6.45) is 9.55. The van der Waals surface area contributed by atoms with Crippen molar-refractivity contribution in [1.29, 1.82) is 0 Å². The topological polar surface area (TPSA) is 28.2 Å². The van der Waals surface area contributed by atoms with Crippen LogP contribution in [0.5, 0.6) is 0 Å². The Bertz CT molecular complexity index is 424. The molecule has 1 atom stereocenters. The third-order valence-corrected chi connectivity index (χ3v) is 4.76. The summed E-state index contributed by atoms with van der Waals surface area (Å²) in [7, 11) is 0. The van der Waals surface area contributed by atoms with Gasteiger partial charge in [-0.15, -0.1) is 0 Å². The molecule has 1 unspecified atom stereocenters. The van der Waals surface area contributed by atoms with E-state index in [1.807, 2.05) is 6.20 Å². The molecule has 3 nitrogen and oxygen atoms in total. The lowest BCUT2D eigenvalue weighted by Gasteiger charge is -2.35. The average Bonchev–Trinajstić information content (AvgIpc) is 2.50. The largest absolute Gasteiger partial charge is 0.306 e. The molecular formula is C17H27N3. The standard InChI is InChI=1S/C17H27N3/c1-2-11-20-12-8-15(9-13-20)19-16-7-3-5-14-6-4-10-18-17(14)16/h4,6,10,15-16,19H,2-3,5,7-9,11-13H2,1H3. The van der Waals surface area contributed by atoms with Gasteiger partial charge in [0.05, 0.1) is 5.69 Å². The van der Waals surface area contributed by atoms with Gasteiger partial charge in [0.2, 0.25) is 0 Å². The number of rotatable bonds is 4. The van der Waals surface area contributed by atoms with Crippen LogP contribution in [0.2, 0.25) is 0 Å². The fourth-order valence-electron chi connectivity index (χ4n) is 3.70. The fraction of sp³-hybridized carbons (Fsp3) is 0.706. The Hall–Kier alpha value is -0.930. The first kappa shape index (κ1) is 14.0. The minimum Gasteiger partial charge on any atom is -0.306 e. The second-order valence-corrected chi connectivity index (χ2v) is 6.28. The second-order valence-electron chi connectivity index (χ2n) is 6.28. The average molecular weight is 273 g/mol. The second kappa shape index (κ2) is 6.68. The van der Waals surface area contributed by atoms with Crippen molar-refractivity contribution in [1.82, 2.24) is 15.2 Å². The van der Waals surface area contributed by atoms with Crippen LogP contribution in [-0.2, 0) is 6.42 Å². The van der Waals surface area contributed by atoms with Gasteiger partial charge in [-0.1, -0.05) is 13.0 Å². The summed E-state index contributed by atoms with van der Waals surface area (Å²) in [6, 6.07) is 5.49. The molecule has 1 aliphatic heterocycles. The van der Waals surface area contributed by atoms with E-state index in [-0.39, 0.29) is 0 Å². The number of aromatic nitrogens is 1. The molecule has 20 heavy (non-hydrogen) atoms. The molecule has 1 fully saturated rings. The van der Waals surface area contributed by atoms with E-state index in [2.05, 4.69) is 34.3 Å². The Balaban J connectivity index is 1.57. The van der Waals surface area contributed by atoms with E-state index in [9.17, 15) is 0 Å². The van der Waals surface area contributed by atoms with Gasteiger partial charge in [-0.3, -0.25) is 4.98 Å². The lowest BCUT2D eigenvalue weighted by atomic mass is 9.90. The maximum Gasteiger partial charge on any atom is 0.0605 e. The van der Waals surface area contributed by atoms with Crippen molar-refractivity contribution >= 4 is 0 Å². The number of fused-ring (bicyclic) bond motifs is 1. The van der Waals surface area contributed by atoms with Gasteiger partial charge >= 0.3 is 0 Å². The Morgan fingerprint density at radius 3 is 2.95 bits per heavy atom. The third kappa shape index (κ3) is 3.21. The van der Waals surface area contributed by atoms with Gasteiger partial charge in [0, 0.05) is 18.3 Å². The van der Waals surface area contributed by atoms with E-state index in [1.54, 1.807) is 0 Å². The Labute approximate surface area is 122 Å². The number of nitrogens with one attached hydrogen (secondary N) is 1. The van der Waals surface area contributed by atoms with Crippen LogP contribution in [0.15, 0.2) is 18.3 Å². The number of aryl methyl sites for hydroxylation is 1. The van der Waals surface area contributed by atoms with Gasteiger partial charge in [0.15, 0.2) is 0 Å². The predicted molar refractivity (Wildman–Crippen MR) is 82.8 cm³/mol. The summed E-state index contributed by atoms with van der Waals surface area (Å²) < 4.78 is 0. The zero-order valence-electron chi connectivity index (χ0n) is 12.6. The van der Waals surface area contributed by atoms with Gasteiger partial charge in [-0.05, 0) is 69.8 Å². The highest BCUT2D eigenvalue weighted by molar-refractivity contribution is 5.25. The van der Waals surface area contributed by atoms with Gasteiger partial charge in [-0.2, -0.15) is 0 Å². The van der Waals surface area contributed by atoms with Crippen LogP contribution in [-0.4, -0.2) is 35.6 Å². The monoisotopic (exact) mass is 273 g/mol. The van der Waals surface area contributed by atoms with Crippen LogP contribution in [0.25, 0.3) is 0 Å². The Kier molecular flexibility index (Phi) is 4.69. The number of pyridine rings is 1. The third-order valence-electron chi connectivity index (χ3n) is 4.76. The van der Waals surface area contributed by atoms with E-state index in [4.69, 9.17) is 0 Å². The SMILES string of the molecule is CCCN1CCC(NC2CCCc3cccnc32)CC1. The maximum absolute atomic E-state index is 4.64. The molecular weight excluding hydrogens is 246 g/mol. The van der Waals surface area contributed by atoms with Gasteiger partial charge in [0.1, 0.15) is 0 Å². The molecule has 1 aromatic heterocycles. The summed E-state index contributed by atoms with van der Waals surface area (Å²) in [4.78, 5) is 7.24. The van der Waals surface area contributed by atoms with Crippen molar-refractivity contribution in [3.8, 4) is 0 Å². The molecule has 1 aromatic rings. The summed E-state index contributed by atoms with van der Waals surface area (Å²) >= 11 is 0. The molecule has 2 aliphatic rings. The first-order chi connectivity index (χ1) is 9.86. The summed E-state index contributed by atoms with van der Waals surface area (Å²) in [5, 5.41) is 3.89. The lowest BCUT2D eigenvalue weighted by molar-refractivity contribution is 0.188. The minimum absolute atomic E-state index is 0.489. The van der Waals surface area contributed by atoms with Crippen molar-refractivity contribution in [3.63, 3.8) is 0 Å². The van der Waals surface area contributed by atoms with Crippen LogP contribution in [0, 0.1) is 0 Å². The zero-order chi connectivity index (χ0) is 13.8. The van der Waals surface area contributed by atoms with Crippen LogP contribution in [0.3, 0.4) is 0 Å². The lowest BCUT2D eigenvalue weighted by Crippen LogP contribution is -2.44. The number of piperidine rings is 1. The van der Waals surface area contributed by atoms with E-state index in [0.717, 1.165) is 0 Å². The highest BCUT2D eigenvalue weighted by atomic mass is 15.1. The van der Waals surface area contributed by atoms with Gasteiger partial charge < -0.3 is 10.2 Å². The quantitative estimate of drug-likeness (QED) is 0.914. The smallest absolute Gasteiger partial charge is 0.0605 e. The van der Waals surface area contributed by atoms with Crippen molar-refractivity contribution < 1.29 is 0 Å². The minimum atomic E-state index is 0.489. The molecule has 1 N–H and O–H groups in total. The van der Waals surface area contributed by atoms with E-state index in [0.29, 0.717) is 12.1 Å². The normalized spacial score (nSPS) is 24.6. The molecule has 3 heteroatoms. The molecule has 0 aromatic carbocycles. The number of hydrogen-bond donors (Lipinski definition) is 1.